The highest BCUT2D eigenvalue weighted by molar-refractivity contribution is 6.35. The number of rotatable bonds is 7. The normalized spacial score (nSPS) is 15.7. The van der Waals surface area contributed by atoms with Crippen molar-refractivity contribution in [1.29, 1.82) is 0 Å². The van der Waals surface area contributed by atoms with Crippen molar-refractivity contribution >= 4 is 46.3 Å². The summed E-state index contributed by atoms with van der Waals surface area (Å²) < 4.78 is 0. The van der Waals surface area contributed by atoms with Gasteiger partial charge < -0.3 is 14.7 Å². The highest BCUT2D eigenvalue weighted by Crippen LogP contribution is 2.26. The Labute approximate surface area is 234 Å². The van der Waals surface area contributed by atoms with Gasteiger partial charge in [0.2, 0.25) is 5.91 Å². The van der Waals surface area contributed by atoms with Gasteiger partial charge in [-0.05, 0) is 67.8 Å². The molecule has 0 radical (unpaired) electrons. The van der Waals surface area contributed by atoms with E-state index in [0.29, 0.717) is 30.1 Å². The van der Waals surface area contributed by atoms with Crippen molar-refractivity contribution in [3.63, 3.8) is 0 Å². The molecule has 0 saturated carbocycles. The van der Waals surface area contributed by atoms with Crippen LogP contribution in [0.2, 0.25) is 10.2 Å². The summed E-state index contributed by atoms with van der Waals surface area (Å²) in [7, 11) is 0. The minimum atomic E-state index is -0.00570. The average Bonchev–Trinajstić information content (AvgIpc) is 3.46. The van der Waals surface area contributed by atoms with Crippen LogP contribution >= 0.6 is 23.2 Å². The van der Waals surface area contributed by atoms with E-state index in [4.69, 9.17) is 23.2 Å². The Balaban J connectivity index is 1.15. The predicted molar refractivity (Wildman–Crippen MR) is 154 cm³/mol. The molecular weight excluding hydrogens is 519 g/mol. The molecule has 2 fully saturated rings. The number of aryl methyl sites for hydroxylation is 1. The molecule has 6 nitrogen and oxygen atoms in total. The summed E-state index contributed by atoms with van der Waals surface area (Å²) in [6, 6.07) is 17.9. The minimum absolute atomic E-state index is 0.00570. The van der Waals surface area contributed by atoms with E-state index in [0.717, 1.165) is 48.7 Å². The Morgan fingerprint density at radius 3 is 2.18 bits per heavy atom. The summed E-state index contributed by atoms with van der Waals surface area (Å²) in [6.07, 6.45) is 3.00. The third kappa shape index (κ3) is 6.13. The van der Waals surface area contributed by atoms with Crippen molar-refractivity contribution in [2.45, 2.75) is 32.6 Å². The molecule has 2 aromatic carbocycles. The van der Waals surface area contributed by atoms with Crippen LogP contribution in [0.15, 0.2) is 54.6 Å². The van der Waals surface area contributed by atoms with Gasteiger partial charge in [0.25, 0.3) is 0 Å². The fraction of sp³-hybridized carbons (Fsp3) is 0.367. The quantitative estimate of drug-likeness (QED) is 0.282. The number of carbonyl (C=O) groups is 2. The molecule has 0 N–H and O–H groups in total. The zero-order valence-electron chi connectivity index (χ0n) is 21.6. The van der Waals surface area contributed by atoms with Gasteiger partial charge in [0, 0.05) is 78.9 Å². The second kappa shape index (κ2) is 11.7. The molecule has 1 amide bonds. The van der Waals surface area contributed by atoms with Crippen LogP contribution in [0.3, 0.4) is 0 Å². The maximum Gasteiger partial charge on any atom is 0.227 e. The second-order valence-electron chi connectivity index (χ2n) is 10.1. The van der Waals surface area contributed by atoms with Crippen molar-refractivity contribution in [3.05, 3.63) is 87.2 Å². The van der Waals surface area contributed by atoms with Crippen LogP contribution in [0.25, 0.3) is 0 Å². The number of Topliss-reactive ketones (excluding diaryl/α,β-unsaturated/α-hetero) is 1. The Kier molecular flexibility index (Phi) is 8.20. The standard InChI is InChI=1S/C30H32Cl2N4O2/c1-21-17-27(31)26(30(32)33-21)20-29(38)36-15-13-35(14-16-36)24-9-7-23(8-10-24)28(37)19-22-5-4-6-25(18-22)34-11-2-3-12-34/h4-10,17-18H,2-3,11-16,19-20H2,1H3. The van der Waals surface area contributed by atoms with E-state index in [1.165, 1.54) is 18.5 Å². The molecule has 1 aromatic heterocycles. The summed E-state index contributed by atoms with van der Waals surface area (Å²) in [5.74, 6) is 0.113. The number of hydrogen-bond acceptors (Lipinski definition) is 5. The van der Waals surface area contributed by atoms with Crippen LogP contribution in [-0.4, -0.2) is 60.8 Å². The first-order valence-corrected chi connectivity index (χ1v) is 13.9. The fourth-order valence-electron chi connectivity index (χ4n) is 5.24. The van der Waals surface area contributed by atoms with E-state index in [2.05, 4.69) is 26.9 Å². The number of nitrogens with zero attached hydrogens (tertiary/aromatic N) is 4. The summed E-state index contributed by atoms with van der Waals surface area (Å²) in [5.41, 5.74) is 5.34. The van der Waals surface area contributed by atoms with Gasteiger partial charge in [-0.1, -0.05) is 35.3 Å². The summed E-state index contributed by atoms with van der Waals surface area (Å²) >= 11 is 12.5. The van der Waals surface area contributed by atoms with E-state index >= 15 is 0 Å². The van der Waals surface area contributed by atoms with E-state index in [1.807, 2.05) is 48.2 Å². The molecule has 2 saturated heterocycles. The summed E-state index contributed by atoms with van der Waals surface area (Å²) in [6.45, 7) is 6.66. The van der Waals surface area contributed by atoms with Crippen LogP contribution in [0.5, 0.6) is 0 Å². The topological polar surface area (TPSA) is 56.8 Å². The lowest BCUT2D eigenvalue weighted by Crippen LogP contribution is -2.49. The summed E-state index contributed by atoms with van der Waals surface area (Å²) in [4.78, 5) is 36.6. The van der Waals surface area contributed by atoms with Gasteiger partial charge in [0.1, 0.15) is 5.15 Å². The number of carbonyl (C=O) groups excluding carboxylic acids is 2. The van der Waals surface area contributed by atoms with Gasteiger partial charge >= 0.3 is 0 Å². The third-order valence-corrected chi connectivity index (χ3v) is 8.06. The fourth-order valence-corrected chi connectivity index (χ4v) is 5.91. The molecule has 3 heterocycles. The number of aromatic nitrogens is 1. The first kappa shape index (κ1) is 26.5. The number of ketones is 1. The second-order valence-corrected chi connectivity index (χ2v) is 10.8. The van der Waals surface area contributed by atoms with E-state index in [-0.39, 0.29) is 23.3 Å². The van der Waals surface area contributed by atoms with Crippen LogP contribution in [0.1, 0.15) is 40.0 Å². The molecule has 0 aliphatic carbocycles. The van der Waals surface area contributed by atoms with Crippen molar-refractivity contribution in [3.8, 4) is 0 Å². The zero-order valence-corrected chi connectivity index (χ0v) is 23.1. The number of benzene rings is 2. The monoisotopic (exact) mass is 550 g/mol. The molecule has 38 heavy (non-hydrogen) atoms. The van der Waals surface area contributed by atoms with Crippen LogP contribution in [0, 0.1) is 6.92 Å². The molecule has 2 aliphatic heterocycles. The zero-order chi connectivity index (χ0) is 26.6. The molecular formula is C30H32Cl2N4O2. The molecule has 198 valence electrons. The van der Waals surface area contributed by atoms with E-state index in [9.17, 15) is 9.59 Å². The van der Waals surface area contributed by atoms with E-state index in [1.54, 1.807) is 6.07 Å². The first-order valence-electron chi connectivity index (χ1n) is 13.2. The Morgan fingerprint density at radius 2 is 1.50 bits per heavy atom. The molecule has 5 rings (SSSR count). The highest BCUT2D eigenvalue weighted by Gasteiger charge is 2.23. The van der Waals surface area contributed by atoms with Crippen molar-refractivity contribution < 1.29 is 9.59 Å². The van der Waals surface area contributed by atoms with Crippen LogP contribution < -0.4 is 9.80 Å². The smallest absolute Gasteiger partial charge is 0.227 e. The molecule has 0 unspecified atom stereocenters. The highest BCUT2D eigenvalue weighted by atomic mass is 35.5. The average molecular weight is 552 g/mol. The van der Waals surface area contributed by atoms with Gasteiger partial charge in [0.05, 0.1) is 6.42 Å². The van der Waals surface area contributed by atoms with Gasteiger partial charge in [-0.3, -0.25) is 9.59 Å². The van der Waals surface area contributed by atoms with Gasteiger partial charge in [-0.2, -0.15) is 0 Å². The van der Waals surface area contributed by atoms with Gasteiger partial charge in [0.15, 0.2) is 5.78 Å². The molecule has 8 heteroatoms. The number of hydrogen-bond donors (Lipinski definition) is 0. The molecule has 0 atom stereocenters. The molecule has 3 aromatic rings. The third-order valence-electron chi connectivity index (χ3n) is 7.41. The van der Waals surface area contributed by atoms with Crippen molar-refractivity contribution in [1.82, 2.24) is 9.88 Å². The summed E-state index contributed by atoms with van der Waals surface area (Å²) in [5, 5.41) is 0.763. The van der Waals surface area contributed by atoms with Gasteiger partial charge in [-0.15, -0.1) is 0 Å². The van der Waals surface area contributed by atoms with Crippen LogP contribution in [-0.2, 0) is 17.6 Å². The number of piperazine rings is 1. The van der Waals surface area contributed by atoms with Gasteiger partial charge in [-0.25, -0.2) is 4.98 Å². The molecule has 0 bridgehead atoms. The predicted octanol–water partition coefficient (Wildman–Crippen LogP) is 5.61. The lowest BCUT2D eigenvalue weighted by molar-refractivity contribution is -0.130. The Morgan fingerprint density at radius 1 is 0.816 bits per heavy atom. The Bertz CT molecular complexity index is 1290. The van der Waals surface area contributed by atoms with E-state index < -0.39 is 0 Å². The number of pyridine rings is 1. The maximum atomic E-state index is 13.0. The van der Waals surface area contributed by atoms with Crippen LogP contribution in [0.4, 0.5) is 11.4 Å². The largest absolute Gasteiger partial charge is 0.372 e. The minimum Gasteiger partial charge on any atom is -0.372 e. The molecule has 0 spiro atoms. The maximum absolute atomic E-state index is 13.0. The molecule has 2 aliphatic rings. The van der Waals surface area contributed by atoms with Crippen molar-refractivity contribution in [2.75, 3.05) is 49.1 Å². The Hall–Kier alpha value is -3.09. The van der Waals surface area contributed by atoms with Crippen molar-refractivity contribution in [2.24, 2.45) is 0 Å². The number of halogens is 2. The number of anilines is 2. The SMILES string of the molecule is Cc1cc(Cl)c(CC(=O)N2CCN(c3ccc(C(=O)Cc4cccc(N5CCCC5)c4)cc3)CC2)c(Cl)n1. The number of amides is 1. The lowest BCUT2D eigenvalue weighted by atomic mass is 10.0. The lowest BCUT2D eigenvalue weighted by Gasteiger charge is -2.36. The first-order chi connectivity index (χ1) is 18.4.